The standard InChI is InChI=1S/C16H27FN2O/c1-6-16(7-2,19(3)4)14(18)11-12-9-8-10-13(20-5)15(12)17/h8-10,14H,6-7,11,18H2,1-5H3. The average molecular weight is 282 g/mol. The zero-order chi connectivity index (χ0) is 15.3. The van der Waals surface area contributed by atoms with Crippen LogP contribution in [0, 0.1) is 5.82 Å². The molecule has 1 unspecified atom stereocenters. The van der Waals surface area contributed by atoms with Crippen molar-refractivity contribution < 1.29 is 9.13 Å². The average Bonchev–Trinajstić information content (AvgIpc) is 2.42. The van der Waals surface area contributed by atoms with Crippen molar-refractivity contribution in [1.82, 2.24) is 4.90 Å². The van der Waals surface area contributed by atoms with E-state index < -0.39 is 0 Å². The predicted molar refractivity (Wildman–Crippen MR) is 81.6 cm³/mol. The third-order valence-electron chi connectivity index (χ3n) is 4.51. The van der Waals surface area contributed by atoms with E-state index in [1.807, 2.05) is 14.1 Å². The molecule has 2 N–H and O–H groups in total. The van der Waals surface area contributed by atoms with Gasteiger partial charge >= 0.3 is 0 Å². The van der Waals surface area contributed by atoms with Crippen LogP contribution in [0.2, 0.25) is 0 Å². The fourth-order valence-corrected chi connectivity index (χ4v) is 3.04. The van der Waals surface area contributed by atoms with Gasteiger partial charge in [-0.1, -0.05) is 26.0 Å². The maximum absolute atomic E-state index is 14.2. The number of hydrogen-bond acceptors (Lipinski definition) is 3. The molecule has 0 saturated carbocycles. The number of ether oxygens (including phenoxy) is 1. The Kier molecular flexibility index (Phi) is 5.96. The first-order valence-corrected chi connectivity index (χ1v) is 7.17. The highest BCUT2D eigenvalue weighted by Crippen LogP contribution is 2.28. The summed E-state index contributed by atoms with van der Waals surface area (Å²) in [7, 11) is 5.55. The fraction of sp³-hybridized carbons (Fsp3) is 0.625. The molecule has 0 spiro atoms. The molecule has 0 fully saturated rings. The van der Waals surface area contributed by atoms with Gasteiger partial charge in [0, 0.05) is 11.6 Å². The lowest BCUT2D eigenvalue weighted by Gasteiger charge is -2.43. The lowest BCUT2D eigenvalue weighted by atomic mass is 9.80. The van der Waals surface area contributed by atoms with Crippen molar-refractivity contribution in [3.63, 3.8) is 0 Å². The normalized spacial score (nSPS) is 13.6. The van der Waals surface area contributed by atoms with E-state index in [0.29, 0.717) is 12.0 Å². The molecular formula is C16H27FN2O. The Hall–Kier alpha value is -1.13. The first-order valence-electron chi connectivity index (χ1n) is 7.17. The van der Waals surface area contributed by atoms with Crippen LogP contribution in [-0.2, 0) is 6.42 Å². The molecule has 0 saturated heterocycles. The summed E-state index contributed by atoms with van der Waals surface area (Å²) in [6, 6.07) is 5.08. The zero-order valence-corrected chi connectivity index (χ0v) is 13.2. The molecule has 0 amide bonds. The van der Waals surface area contributed by atoms with E-state index in [1.54, 1.807) is 18.2 Å². The van der Waals surface area contributed by atoms with Gasteiger partial charge in [-0.3, -0.25) is 0 Å². The number of halogens is 1. The molecule has 4 heteroatoms. The van der Waals surface area contributed by atoms with Gasteiger partial charge in [-0.25, -0.2) is 4.39 Å². The summed E-state index contributed by atoms with van der Waals surface area (Å²) in [6.07, 6.45) is 2.37. The van der Waals surface area contributed by atoms with Gasteiger partial charge in [-0.2, -0.15) is 0 Å². The summed E-state index contributed by atoms with van der Waals surface area (Å²) in [5.74, 6) is -0.0246. The SMILES string of the molecule is CCC(CC)(C(N)Cc1cccc(OC)c1F)N(C)C. The molecule has 0 radical (unpaired) electrons. The minimum atomic E-state index is -0.301. The molecule has 114 valence electrons. The molecule has 0 aliphatic carbocycles. The van der Waals surface area contributed by atoms with Crippen LogP contribution in [0.1, 0.15) is 32.3 Å². The van der Waals surface area contributed by atoms with Crippen LogP contribution >= 0.6 is 0 Å². The van der Waals surface area contributed by atoms with Crippen LogP contribution in [0.3, 0.4) is 0 Å². The van der Waals surface area contributed by atoms with E-state index in [0.717, 1.165) is 12.8 Å². The lowest BCUT2D eigenvalue weighted by molar-refractivity contribution is 0.105. The Morgan fingerprint density at radius 1 is 1.30 bits per heavy atom. The molecule has 0 heterocycles. The van der Waals surface area contributed by atoms with Crippen molar-refractivity contribution in [1.29, 1.82) is 0 Å². The Morgan fingerprint density at radius 2 is 1.90 bits per heavy atom. The summed E-state index contributed by atoms with van der Waals surface area (Å²) >= 11 is 0. The molecular weight excluding hydrogens is 255 g/mol. The first-order chi connectivity index (χ1) is 9.42. The highest BCUT2D eigenvalue weighted by Gasteiger charge is 2.35. The first kappa shape index (κ1) is 16.9. The smallest absolute Gasteiger partial charge is 0.168 e. The van der Waals surface area contributed by atoms with Crippen molar-refractivity contribution in [2.24, 2.45) is 5.73 Å². The largest absolute Gasteiger partial charge is 0.494 e. The van der Waals surface area contributed by atoms with Gasteiger partial charge < -0.3 is 15.4 Å². The molecule has 1 rings (SSSR count). The number of nitrogens with two attached hydrogens (primary N) is 1. The summed E-state index contributed by atoms with van der Waals surface area (Å²) in [5.41, 5.74) is 6.92. The van der Waals surface area contributed by atoms with Gasteiger partial charge in [0.25, 0.3) is 0 Å². The third-order valence-corrected chi connectivity index (χ3v) is 4.51. The van der Waals surface area contributed by atoms with Gasteiger partial charge in [-0.05, 0) is 45.0 Å². The second kappa shape index (κ2) is 7.04. The molecule has 20 heavy (non-hydrogen) atoms. The van der Waals surface area contributed by atoms with E-state index in [-0.39, 0.29) is 23.1 Å². The third kappa shape index (κ3) is 3.13. The van der Waals surface area contributed by atoms with Crippen LogP contribution in [0.15, 0.2) is 18.2 Å². The van der Waals surface area contributed by atoms with Crippen LogP contribution in [-0.4, -0.2) is 37.7 Å². The van der Waals surface area contributed by atoms with Crippen LogP contribution < -0.4 is 10.5 Å². The minimum Gasteiger partial charge on any atom is -0.494 e. The lowest BCUT2D eigenvalue weighted by Crippen LogP contribution is -2.57. The molecule has 0 bridgehead atoms. The van der Waals surface area contributed by atoms with Crippen molar-refractivity contribution >= 4 is 0 Å². The van der Waals surface area contributed by atoms with Gasteiger partial charge in [-0.15, -0.1) is 0 Å². The van der Waals surface area contributed by atoms with E-state index >= 15 is 0 Å². The van der Waals surface area contributed by atoms with E-state index in [4.69, 9.17) is 10.5 Å². The quantitative estimate of drug-likeness (QED) is 0.836. The van der Waals surface area contributed by atoms with Gasteiger partial charge in [0.1, 0.15) is 0 Å². The number of benzene rings is 1. The molecule has 1 aromatic rings. The fourth-order valence-electron chi connectivity index (χ4n) is 3.04. The Morgan fingerprint density at radius 3 is 2.35 bits per heavy atom. The van der Waals surface area contributed by atoms with Crippen molar-refractivity contribution in [2.75, 3.05) is 21.2 Å². The highest BCUT2D eigenvalue weighted by atomic mass is 19.1. The van der Waals surface area contributed by atoms with Crippen molar-refractivity contribution in [3.05, 3.63) is 29.6 Å². The highest BCUT2D eigenvalue weighted by molar-refractivity contribution is 5.32. The van der Waals surface area contributed by atoms with Crippen molar-refractivity contribution in [3.8, 4) is 5.75 Å². The van der Waals surface area contributed by atoms with Gasteiger partial charge in [0.15, 0.2) is 11.6 Å². The van der Waals surface area contributed by atoms with Crippen LogP contribution in [0.5, 0.6) is 5.75 Å². The number of likely N-dealkylation sites (N-methyl/N-ethyl adjacent to an activating group) is 1. The number of hydrogen-bond donors (Lipinski definition) is 1. The van der Waals surface area contributed by atoms with Crippen molar-refractivity contribution in [2.45, 2.75) is 44.7 Å². The Bertz CT molecular complexity index is 430. The molecule has 0 aliphatic rings. The monoisotopic (exact) mass is 282 g/mol. The molecule has 3 nitrogen and oxygen atoms in total. The van der Waals surface area contributed by atoms with E-state index in [9.17, 15) is 4.39 Å². The number of nitrogens with zero attached hydrogens (tertiary/aromatic N) is 1. The number of methoxy groups -OCH3 is 1. The second-order valence-corrected chi connectivity index (χ2v) is 5.45. The topological polar surface area (TPSA) is 38.5 Å². The Labute approximate surface area is 121 Å². The van der Waals surface area contributed by atoms with Crippen LogP contribution in [0.4, 0.5) is 4.39 Å². The molecule has 1 aromatic carbocycles. The summed E-state index contributed by atoms with van der Waals surface area (Å²) in [5, 5.41) is 0. The maximum atomic E-state index is 14.2. The summed E-state index contributed by atoms with van der Waals surface area (Å²) in [4.78, 5) is 2.16. The Balaban J connectivity index is 3.03. The van der Waals surface area contributed by atoms with E-state index in [1.165, 1.54) is 7.11 Å². The molecule has 0 aromatic heterocycles. The van der Waals surface area contributed by atoms with Crippen LogP contribution in [0.25, 0.3) is 0 Å². The zero-order valence-electron chi connectivity index (χ0n) is 13.2. The molecule has 1 atom stereocenters. The summed E-state index contributed by atoms with van der Waals surface area (Å²) < 4.78 is 19.3. The predicted octanol–water partition coefficient (Wildman–Crippen LogP) is 2.82. The molecule has 0 aliphatic heterocycles. The maximum Gasteiger partial charge on any atom is 0.168 e. The number of rotatable bonds is 7. The second-order valence-electron chi connectivity index (χ2n) is 5.45. The summed E-state index contributed by atoms with van der Waals surface area (Å²) in [6.45, 7) is 4.26. The minimum absolute atomic E-state index is 0.116. The van der Waals surface area contributed by atoms with Gasteiger partial charge in [0.2, 0.25) is 0 Å². The van der Waals surface area contributed by atoms with E-state index in [2.05, 4.69) is 18.7 Å². The van der Waals surface area contributed by atoms with Gasteiger partial charge in [0.05, 0.1) is 7.11 Å².